The second kappa shape index (κ2) is 6.29. The van der Waals surface area contributed by atoms with Crippen molar-refractivity contribution in [2.45, 2.75) is 38.4 Å². The Balaban J connectivity index is 2.30. The van der Waals surface area contributed by atoms with E-state index in [2.05, 4.69) is 9.44 Å². The van der Waals surface area contributed by atoms with Crippen molar-refractivity contribution < 1.29 is 23.1 Å². The molecule has 2 atom stereocenters. The van der Waals surface area contributed by atoms with E-state index in [4.69, 9.17) is 9.84 Å². The van der Waals surface area contributed by atoms with Crippen LogP contribution in [0.15, 0.2) is 0 Å². The summed E-state index contributed by atoms with van der Waals surface area (Å²) >= 11 is 0. The lowest BCUT2D eigenvalue weighted by Gasteiger charge is -2.12. The molecule has 8 heteroatoms. The first-order valence-electron chi connectivity index (χ1n) is 5.57. The highest BCUT2D eigenvalue weighted by Crippen LogP contribution is 2.19. The monoisotopic (exact) mass is 266 g/mol. The van der Waals surface area contributed by atoms with Gasteiger partial charge in [-0.05, 0) is 19.3 Å². The number of carboxylic acid groups (broad SMARTS) is 1. The minimum Gasteiger partial charge on any atom is -0.479 e. The molecule has 1 heterocycles. The van der Waals surface area contributed by atoms with Crippen molar-refractivity contribution >= 4 is 16.2 Å². The Morgan fingerprint density at radius 2 is 2.12 bits per heavy atom. The SMILES string of the molecule is CCCNS(=O)(=O)NCC1CCC(C(=O)O)O1. The summed E-state index contributed by atoms with van der Waals surface area (Å²) in [6, 6.07) is 0. The quantitative estimate of drug-likeness (QED) is 0.573. The van der Waals surface area contributed by atoms with Crippen LogP contribution in [-0.4, -0.2) is 44.8 Å². The molecule has 0 aliphatic carbocycles. The molecule has 0 saturated carbocycles. The predicted octanol–water partition coefficient (Wildman–Crippen LogP) is -0.547. The van der Waals surface area contributed by atoms with E-state index in [1.165, 1.54) is 0 Å². The van der Waals surface area contributed by atoms with Crippen LogP contribution < -0.4 is 9.44 Å². The standard InChI is InChI=1S/C9H18N2O5S/c1-2-5-10-17(14,15)11-6-7-3-4-8(16-7)9(12)13/h7-8,10-11H,2-6H2,1H3,(H,12,13). The number of nitrogens with one attached hydrogen (secondary N) is 2. The van der Waals surface area contributed by atoms with E-state index in [0.717, 1.165) is 0 Å². The zero-order valence-corrected chi connectivity index (χ0v) is 10.5. The lowest BCUT2D eigenvalue weighted by Crippen LogP contribution is -2.41. The normalized spacial score (nSPS) is 25.0. The third kappa shape index (κ3) is 4.99. The van der Waals surface area contributed by atoms with E-state index < -0.39 is 22.3 Å². The highest BCUT2D eigenvalue weighted by Gasteiger charge is 2.30. The van der Waals surface area contributed by atoms with Gasteiger partial charge in [-0.15, -0.1) is 0 Å². The predicted molar refractivity (Wildman–Crippen MR) is 60.7 cm³/mol. The molecule has 2 unspecified atom stereocenters. The van der Waals surface area contributed by atoms with Gasteiger partial charge in [-0.1, -0.05) is 6.92 Å². The molecule has 0 amide bonds. The Hall–Kier alpha value is -0.700. The van der Waals surface area contributed by atoms with Crippen molar-refractivity contribution in [2.75, 3.05) is 13.1 Å². The minimum absolute atomic E-state index is 0.100. The van der Waals surface area contributed by atoms with Crippen molar-refractivity contribution in [1.82, 2.24) is 9.44 Å². The highest BCUT2D eigenvalue weighted by atomic mass is 32.2. The lowest BCUT2D eigenvalue weighted by molar-refractivity contribution is -0.149. The van der Waals surface area contributed by atoms with Crippen LogP contribution >= 0.6 is 0 Å². The number of hydrogen-bond donors (Lipinski definition) is 3. The molecule has 0 aromatic heterocycles. The van der Waals surface area contributed by atoms with Crippen LogP contribution in [0.2, 0.25) is 0 Å². The summed E-state index contributed by atoms with van der Waals surface area (Å²) in [5.41, 5.74) is 0. The molecule has 1 fully saturated rings. The Morgan fingerprint density at radius 3 is 2.65 bits per heavy atom. The fraction of sp³-hybridized carbons (Fsp3) is 0.889. The molecular formula is C9H18N2O5S. The summed E-state index contributed by atoms with van der Waals surface area (Å²) in [7, 11) is -3.50. The van der Waals surface area contributed by atoms with Crippen molar-refractivity contribution in [2.24, 2.45) is 0 Å². The van der Waals surface area contributed by atoms with Gasteiger partial charge in [0.2, 0.25) is 0 Å². The molecule has 1 aliphatic rings. The molecule has 17 heavy (non-hydrogen) atoms. The van der Waals surface area contributed by atoms with Gasteiger partial charge in [0, 0.05) is 13.1 Å². The van der Waals surface area contributed by atoms with Gasteiger partial charge in [0.1, 0.15) is 0 Å². The number of carboxylic acids is 1. The van der Waals surface area contributed by atoms with Gasteiger partial charge in [-0.2, -0.15) is 13.1 Å². The molecule has 0 spiro atoms. The minimum atomic E-state index is -3.50. The van der Waals surface area contributed by atoms with Gasteiger partial charge in [-0.25, -0.2) is 9.52 Å². The van der Waals surface area contributed by atoms with E-state index in [-0.39, 0.29) is 12.6 Å². The van der Waals surface area contributed by atoms with Gasteiger partial charge in [0.05, 0.1) is 6.10 Å². The van der Waals surface area contributed by atoms with Crippen molar-refractivity contribution in [3.05, 3.63) is 0 Å². The van der Waals surface area contributed by atoms with Crippen LogP contribution in [0.1, 0.15) is 26.2 Å². The maximum Gasteiger partial charge on any atom is 0.332 e. The van der Waals surface area contributed by atoms with E-state index in [1.807, 2.05) is 6.92 Å². The third-order valence-electron chi connectivity index (χ3n) is 2.43. The number of carbonyl (C=O) groups is 1. The zero-order valence-electron chi connectivity index (χ0n) is 9.68. The van der Waals surface area contributed by atoms with Gasteiger partial charge >= 0.3 is 5.97 Å². The average Bonchev–Trinajstić information content (AvgIpc) is 2.73. The summed E-state index contributed by atoms with van der Waals surface area (Å²) in [6.45, 7) is 2.33. The summed E-state index contributed by atoms with van der Waals surface area (Å²) in [5.74, 6) is -1.00. The van der Waals surface area contributed by atoms with Gasteiger partial charge in [0.25, 0.3) is 10.2 Å². The molecular weight excluding hydrogens is 248 g/mol. The first-order valence-corrected chi connectivity index (χ1v) is 7.05. The summed E-state index contributed by atoms with van der Waals surface area (Å²) in [4.78, 5) is 10.6. The van der Waals surface area contributed by atoms with E-state index >= 15 is 0 Å². The van der Waals surface area contributed by atoms with Crippen LogP contribution in [0.5, 0.6) is 0 Å². The number of rotatable bonds is 7. The molecule has 0 radical (unpaired) electrons. The van der Waals surface area contributed by atoms with Crippen molar-refractivity contribution in [1.29, 1.82) is 0 Å². The summed E-state index contributed by atoms with van der Waals surface area (Å²) in [6.07, 6.45) is 0.502. The summed E-state index contributed by atoms with van der Waals surface area (Å²) in [5, 5.41) is 8.70. The zero-order chi connectivity index (χ0) is 12.9. The van der Waals surface area contributed by atoms with Gasteiger partial charge < -0.3 is 9.84 Å². The number of aliphatic carboxylic acids is 1. The van der Waals surface area contributed by atoms with Gasteiger partial charge in [0.15, 0.2) is 6.10 Å². The maximum absolute atomic E-state index is 11.4. The Bertz CT molecular complexity index is 356. The first-order chi connectivity index (χ1) is 7.94. The third-order valence-corrected chi connectivity index (χ3v) is 3.56. The van der Waals surface area contributed by atoms with Crippen LogP contribution in [0, 0.1) is 0 Å². The summed E-state index contributed by atoms with van der Waals surface area (Å²) < 4.78 is 32.6. The molecule has 0 bridgehead atoms. The lowest BCUT2D eigenvalue weighted by atomic mass is 10.2. The number of ether oxygens (including phenoxy) is 1. The number of hydrogen-bond acceptors (Lipinski definition) is 4. The van der Waals surface area contributed by atoms with Crippen molar-refractivity contribution in [3.63, 3.8) is 0 Å². The Morgan fingerprint density at radius 1 is 1.41 bits per heavy atom. The molecule has 3 N–H and O–H groups in total. The van der Waals surface area contributed by atoms with E-state index in [0.29, 0.717) is 25.8 Å². The largest absolute Gasteiger partial charge is 0.479 e. The van der Waals surface area contributed by atoms with Crippen molar-refractivity contribution in [3.8, 4) is 0 Å². The molecule has 0 aromatic rings. The fourth-order valence-corrected chi connectivity index (χ4v) is 2.51. The molecule has 0 aromatic carbocycles. The molecule has 1 aliphatic heterocycles. The topological polar surface area (TPSA) is 105 Å². The maximum atomic E-state index is 11.4. The fourth-order valence-electron chi connectivity index (χ4n) is 1.53. The molecule has 100 valence electrons. The molecule has 1 rings (SSSR count). The van der Waals surface area contributed by atoms with E-state index in [9.17, 15) is 13.2 Å². The second-order valence-corrected chi connectivity index (χ2v) is 5.49. The molecule has 1 saturated heterocycles. The van der Waals surface area contributed by atoms with Gasteiger partial charge in [-0.3, -0.25) is 0 Å². The van der Waals surface area contributed by atoms with E-state index in [1.54, 1.807) is 0 Å². The van der Waals surface area contributed by atoms with Crippen LogP contribution in [0.4, 0.5) is 0 Å². The Kier molecular flexibility index (Phi) is 5.31. The Labute approximate surface area is 101 Å². The smallest absolute Gasteiger partial charge is 0.332 e. The van der Waals surface area contributed by atoms with Crippen LogP contribution in [0.3, 0.4) is 0 Å². The first kappa shape index (κ1) is 14.4. The second-order valence-electron chi connectivity index (χ2n) is 3.91. The van der Waals surface area contributed by atoms with Crippen LogP contribution in [-0.2, 0) is 19.7 Å². The molecule has 7 nitrogen and oxygen atoms in total. The highest BCUT2D eigenvalue weighted by molar-refractivity contribution is 7.87. The average molecular weight is 266 g/mol. The van der Waals surface area contributed by atoms with Crippen LogP contribution in [0.25, 0.3) is 0 Å².